The Labute approximate surface area is 425 Å². The highest BCUT2D eigenvalue weighted by molar-refractivity contribution is 7.13. The van der Waals surface area contributed by atoms with Crippen LogP contribution in [-0.2, 0) is 41.7 Å². The highest BCUT2D eigenvalue weighted by atomic mass is 32.1. The smallest absolute Gasteiger partial charge is 0.248 e. The summed E-state index contributed by atoms with van der Waals surface area (Å²) in [4.78, 5) is 74.0. The van der Waals surface area contributed by atoms with Crippen LogP contribution >= 0.6 is 11.3 Å². The van der Waals surface area contributed by atoms with E-state index in [4.69, 9.17) is 14.5 Å². The van der Waals surface area contributed by atoms with Gasteiger partial charge in [0, 0.05) is 75.1 Å². The first kappa shape index (κ1) is 51.3. The maximum Gasteiger partial charge on any atom is 0.248 e. The van der Waals surface area contributed by atoms with Gasteiger partial charge in [0.05, 0.1) is 70.6 Å². The maximum absolute atomic E-state index is 15.5. The Kier molecular flexibility index (Phi) is 15.7. The van der Waals surface area contributed by atoms with Crippen LogP contribution in [-0.4, -0.2) is 146 Å². The number of para-hydroxylation sites is 1. The second-order valence-corrected chi connectivity index (χ2v) is 20.8. The van der Waals surface area contributed by atoms with Crippen molar-refractivity contribution >= 4 is 46.0 Å². The van der Waals surface area contributed by atoms with Gasteiger partial charge in [-0.2, -0.15) is 5.10 Å². The van der Waals surface area contributed by atoms with Crippen LogP contribution in [0.1, 0.15) is 62.9 Å². The van der Waals surface area contributed by atoms with Crippen LogP contribution in [0.15, 0.2) is 78.7 Å². The van der Waals surface area contributed by atoms with E-state index in [2.05, 4.69) is 25.7 Å². The van der Waals surface area contributed by atoms with Crippen molar-refractivity contribution in [3.8, 4) is 32.8 Å². The Hall–Kier alpha value is -6.58. The van der Waals surface area contributed by atoms with Crippen LogP contribution in [0, 0.1) is 24.0 Å². The number of likely N-dealkylation sites (tertiary alicyclic amines) is 2. The summed E-state index contributed by atoms with van der Waals surface area (Å²) in [6.45, 7) is 9.98. The molecule has 6 heterocycles. The number of piperidine rings is 1. The number of aliphatic hydroxyl groups is 1. The first-order valence-electron chi connectivity index (χ1n) is 24.6. The van der Waals surface area contributed by atoms with Crippen molar-refractivity contribution in [2.75, 3.05) is 59.2 Å². The third-order valence-corrected chi connectivity index (χ3v) is 14.7. The molecule has 0 radical (unpaired) electrons. The Morgan fingerprint density at radius 2 is 1.67 bits per heavy atom. The van der Waals surface area contributed by atoms with E-state index in [0.29, 0.717) is 85.7 Å². The van der Waals surface area contributed by atoms with Gasteiger partial charge in [-0.1, -0.05) is 57.2 Å². The summed E-state index contributed by atoms with van der Waals surface area (Å²) in [7, 11) is 0. The van der Waals surface area contributed by atoms with Gasteiger partial charge in [-0.25, -0.2) is 18.7 Å². The third kappa shape index (κ3) is 11.9. The molecule has 73 heavy (non-hydrogen) atoms. The number of β-amino-alcohol motifs (C(OH)–C–C–N with tert-alkyl or cyclic N) is 1. The molecule has 3 aromatic carbocycles. The second kappa shape index (κ2) is 22.3. The minimum atomic E-state index is -1.05. The molecule has 3 atom stereocenters. The third-order valence-electron chi connectivity index (χ3n) is 13.8. The average molecular weight is 1020 g/mol. The lowest BCUT2D eigenvalue weighted by Crippen LogP contribution is -2.58. The van der Waals surface area contributed by atoms with E-state index in [1.165, 1.54) is 17.0 Å². The van der Waals surface area contributed by atoms with E-state index < -0.39 is 59.6 Å². The van der Waals surface area contributed by atoms with Crippen LogP contribution in [0.2, 0.25) is 0 Å². The van der Waals surface area contributed by atoms with Gasteiger partial charge in [-0.3, -0.25) is 33.7 Å². The predicted octanol–water partition coefficient (Wildman–Crippen LogP) is 5.69. The zero-order valence-corrected chi connectivity index (χ0v) is 42.2. The summed E-state index contributed by atoms with van der Waals surface area (Å²) >= 11 is 1.56. The summed E-state index contributed by atoms with van der Waals surface area (Å²) in [5.41, 5.74) is 7.13. The molecular formula is C53H60F2N10O7S. The fourth-order valence-corrected chi connectivity index (χ4v) is 10.5. The number of hydrogen-bond donors (Lipinski definition) is 3. The Bertz CT molecular complexity index is 2940. The monoisotopic (exact) mass is 1020 g/mol. The summed E-state index contributed by atoms with van der Waals surface area (Å²) in [5.74, 6) is -3.04. The summed E-state index contributed by atoms with van der Waals surface area (Å²) in [6.07, 6.45) is 5.59. The molecule has 20 heteroatoms. The lowest BCUT2D eigenvalue weighted by molar-refractivity contribution is -0.145. The normalized spacial score (nSPS) is 18.3. The highest BCUT2D eigenvalue weighted by Gasteiger charge is 2.44. The standard InChI is InChI=1S/C53H60F2N10O7S/c1-32-49(73-31-58-32)34-10-8-33(9-11-34)23-57-51(69)45-22-38(66)27-64(45)52(70)50(53(2,3)4)61-46(67)29-72-30-47(68)63-14-12-37(13-15-63)65-26-36(24-59-65)44-25-56-43-7-5-6-39(48(43)60-44)35-20-41(54)40(42(55)21-35)28-62-16-18-71-19-17-62/h5-11,20-21,24-26,31,37-38,45,50,66H,12-19,22-23,27-30H2,1-4H3,(H,57,69)(H,61,67)/t38-,45+,50-/m1/s1. The number of rotatable bonds is 15. The van der Waals surface area contributed by atoms with Crippen LogP contribution in [0.5, 0.6) is 0 Å². The van der Waals surface area contributed by atoms with Crippen molar-refractivity contribution in [2.45, 2.75) is 84.3 Å². The second-order valence-electron chi connectivity index (χ2n) is 20.0. The SMILES string of the molecule is Cc1ncsc1-c1ccc(CNC(=O)[C@@H]2C[C@@H](O)CN2C(=O)[C@@H](NC(=O)COCC(=O)N2CCC(n3cc(-c4cnc5cccc(-c6cc(F)c(CN7CCOCC7)c(F)c6)c5n4)cn3)CC2)C(C)(C)C)cc1. The quantitative estimate of drug-likeness (QED) is 0.114. The Morgan fingerprint density at radius 1 is 0.932 bits per heavy atom. The first-order valence-corrected chi connectivity index (χ1v) is 25.5. The topological polar surface area (TPSA) is 197 Å². The largest absolute Gasteiger partial charge is 0.391 e. The predicted molar refractivity (Wildman–Crippen MR) is 270 cm³/mol. The van der Waals surface area contributed by atoms with E-state index in [0.717, 1.165) is 21.7 Å². The number of aromatic nitrogens is 5. The van der Waals surface area contributed by atoms with Gasteiger partial charge in [-0.15, -0.1) is 11.3 Å². The van der Waals surface area contributed by atoms with E-state index in [-0.39, 0.29) is 50.2 Å². The molecule has 0 bridgehead atoms. The van der Waals surface area contributed by atoms with Gasteiger partial charge < -0.3 is 35.0 Å². The van der Waals surface area contributed by atoms with Gasteiger partial charge in [0.2, 0.25) is 23.6 Å². The number of thiazole rings is 1. The van der Waals surface area contributed by atoms with Crippen LogP contribution in [0.4, 0.5) is 8.78 Å². The van der Waals surface area contributed by atoms with Gasteiger partial charge in [-0.05, 0) is 60.1 Å². The number of halogens is 2. The van der Waals surface area contributed by atoms with Gasteiger partial charge in [0.1, 0.15) is 36.9 Å². The fraction of sp³-hybridized carbons (Fsp3) is 0.434. The van der Waals surface area contributed by atoms with E-state index >= 15 is 8.78 Å². The molecule has 3 aliphatic heterocycles. The van der Waals surface area contributed by atoms with Crippen LogP contribution in [0.3, 0.4) is 0 Å². The molecule has 3 saturated heterocycles. The van der Waals surface area contributed by atoms with Crippen molar-refractivity contribution in [2.24, 2.45) is 5.41 Å². The number of benzene rings is 3. The molecule has 384 valence electrons. The van der Waals surface area contributed by atoms with E-state index in [9.17, 15) is 24.3 Å². The molecule has 0 aliphatic carbocycles. The molecule has 0 unspecified atom stereocenters. The van der Waals surface area contributed by atoms with Gasteiger partial charge in [0.15, 0.2) is 0 Å². The number of hydrogen-bond acceptors (Lipinski definition) is 13. The van der Waals surface area contributed by atoms with E-state index in [1.54, 1.807) is 73.1 Å². The zero-order valence-electron chi connectivity index (χ0n) is 41.4. The van der Waals surface area contributed by atoms with Crippen molar-refractivity contribution < 1.29 is 42.5 Å². The van der Waals surface area contributed by atoms with Crippen LogP contribution < -0.4 is 10.6 Å². The molecular weight excluding hydrogens is 959 g/mol. The lowest BCUT2D eigenvalue weighted by Gasteiger charge is -2.35. The molecule has 3 aromatic heterocycles. The molecule has 4 amide bonds. The minimum absolute atomic E-state index is 0.0127. The number of carbonyl (C=O) groups excluding carboxylic acids is 4. The first-order chi connectivity index (χ1) is 35.1. The van der Waals surface area contributed by atoms with Crippen molar-refractivity contribution in [3.05, 3.63) is 107 Å². The lowest BCUT2D eigenvalue weighted by atomic mass is 9.85. The number of nitrogens with one attached hydrogen (secondary N) is 2. The number of carbonyl (C=O) groups is 4. The van der Waals surface area contributed by atoms with Crippen molar-refractivity contribution in [1.82, 2.24) is 50.1 Å². The molecule has 9 rings (SSSR count). The molecule has 3 N–H and O–H groups in total. The fourth-order valence-electron chi connectivity index (χ4n) is 9.65. The number of aryl methyl sites for hydroxylation is 1. The van der Waals surface area contributed by atoms with Crippen LogP contribution in [0.25, 0.3) is 43.9 Å². The summed E-state index contributed by atoms with van der Waals surface area (Å²) in [6, 6.07) is 13.9. The molecule has 3 aliphatic rings. The molecule has 3 fully saturated rings. The molecule has 6 aromatic rings. The summed E-state index contributed by atoms with van der Waals surface area (Å²) < 4.78 is 43.7. The number of nitrogens with zero attached hydrogens (tertiary/aromatic N) is 8. The number of amides is 4. The minimum Gasteiger partial charge on any atom is -0.391 e. The Balaban J connectivity index is 0.749. The van der Waals surface area contributed by atoms with Gasteiger partial charge >= 0.3 is 0 Å². The average Bonchev–Trinajstić information content (AvgIpc) is 4.16. The number of ether oxygens (including phenoxy) is 2. The van der Waals surface area contributed by atoms with E-state index in [1.807, 2.05) is 47.0 Å². The van der Waals surface area contributed by atoms with Crippen molar-refractivity contribution in [3.63, 3.8) is 0 Å². The molecule has 0 spiro atoms. The van der Waals surface area contributed by atoms with Crippen molar-refractivity contribution in [1.29, 1.82) is 0 Å². The highest BCUT2D eigenvalue weighted by Crippen LogP contribution is 2.33. The number of fused-ring (bicyclic) bond motifs is 1. The summed E-state index contributed by atoms with van der Waals surface area (Å²) in [5, 5.41) is 20.9. The zero-order chi connectivity index (χ0) is 51.4. The van der Waals surface area contributed by atoms with Gasteiger partial charge in [0.25, 0.3) is 0 Å². The Morgan fingerprint density at radius 3 is 2.37 bits per heavy atom. The number of aliphatic hydroxyl groups excluding tert-OH is 1. The molecule has 0 saturated carbocycles. The number of morpholine rings is 1. The molecule has 17 nitrogen and oxygen atoms in total. The maximum atomic E-state index is 15.5.